The van der Waals surface area contributed by atoms with Crippen molar-refractivity contribution < 1.29 is 9.53 Å². The van der Waals surface area contributed by atoms with Gasteiger partial charge in [-0.25, -0.2) is 4.98 Å². The summed E-state index contributed by atoms with van der Waals surface area (Å²) in [5, 5.41) is 3.01. The van der Waals surface area contributed by atoms with Gasteiger partial charge in [0.05, 0.1) is 18.9 Å². The number of ether oxygens (including phenoxy) is 1. The summed E-state index contributed by atoms with van der Waals surface area (Å²) in [4.78, 5) is 21.4. The highest BCUT2D eigenvalue weighted by Gasteiger charge is 2.18. The molecule has 7 heteroatoms. The van der Waals surface area contributed by atoms with Gasteiger partial charge in [0.15, 0.2) is 4.96 Å². The third kappa shape index (κ3) is 3.58. The van der Waals surface area contributed by atoms with Crippen LogP contribution < -0.4 is 10.2 Å². The van der Waals surface area contributed by atoms with Crippen LogP contribution in [0.15, 0.2) is 60.8 Å². The fourth-order valence-electron chi connectivity index (χ4n) is 3.67. The Bertz CT molecular complexity index is 1180. The third-order valence-electron chi connectivity index (χ3n) is 5.33. The van der Waals surface area contributed by atoms with E-state index in [1.54, 1.807) is 0 Å². The lowest BCUT2D eigenvalue weighted by molar-refractivity contribution is 0.102. The molecule has 1 aliphatic rings. The van der Waals surface area contributed by atoms with Crippen LogP contribution in [0.2, 0.25) is 0 Å². The summed E-state index contributed by atoms with van der Waals surface area (Å²) in [5.41, 5.74) is 4.81. The van der Waals surface area contributed by atoms with Crippen molar-refractivity contribution in [2.45, 2.75) is 6.92 Å². The first kappa shape index (κ1) is 18.8. The lowest BCUT2D eigenvalue weighted by atomic mass is 10.2. The van der Waals surface area contributed by atoms with Crippen molar-refractivity contribution in [1.82, 2.24) is 9.38 Å². The summed E-state index contributed by atoms with van der Waals surface area (Å²) >= 11 is 1.41. The van der Waals surface area contributed by atoms with Crippen molar-refractivity contribution in [1.29, 1.82) is 0 Å². The fourth-order valence-corrected chi connectivity index (χ4v) is 4.68. The lowest BCUT2D eigenvalue weighted by Gasteiger charge is -2.28. The van der Waals surface area contributed by atoms with E-state index in [2.05, 4.69) is 10.2 Å². The maximum atomic E-state index is 12.9. The second kappa shape index (κ2) is 7.93. The minimum atomic E-state index is -0.108. The molecule has 1 fully saturated rings. The summed E-state index contributed by atoms with van der Waals surface area (Å²) in [6.07, 6.45) is 1.99. The Kier molecular flexibility index (Phi) is 4.98. The number of imidazole rings is 1. The van der Waals surface area contributed by atoms with E-state index < -0.39 is 0 Å². The van der Waals surface area contributed by atoms with Gasteiger partial charge in [-0.3, -0.25) is 9.20 Å². The van der Waals surface area contributed by atoms with Crippen LogP contribution in [0, 0.1) is 6.92 Å². The molecule has 0 spiro atoms. The van der Waals surface area contributed by atoms with E-state index >= 15 is 0 Å². The maximum absolute atomic E-state index is 12.9. The Morgan fingerprint density at radius 2 is 1.80 bits per heavy atom. The zero-order valence-electron chi connectivity index (χ0n) is 16.7. The standard InChI is InChI=1S/C23H22N4O2S/c1-16-21(30-23-25-20(15-27(16)23)17-5-3-2-4-6-17)22(28)24-18-7-9-19(10-8-18)26-11-13-29-14-12-26/h2-10,15H,11-14H2,1H3,(H,24,28). The number of hydrogen-bond donors (Lipinski definition) is 1. The number of carbonyl (C=O) groups is 1. The molecule has 1 N–H and O–H groups in total. The van der Waals surface area contributed by atoms with E-state index in [0.29, 0.717) is 4.88 Å². The van der Waals surface area contributed by atoms with Crippen molar-refractivity contribution in [2.75, 3.05) is 36.5 Å². The molecule has 152 valence electrons. The van der Waals surface area contributed by atoms with E-state index in [1.807, 2.05) is 72.1 Å². The lowest BCUT2D eigenvalue weighted by Crippen LogP contribution is -2.36. The Balaban J connectivity index is 1.33. The minimum Gasteiger partial charge on any atom is -0.378 e. The normalized spacial score (nSPS) is 14.2. The van der Waals surface area contributed by atoms with Crippen LogP contribution in [0.25, 0.3) is 16.2 Å². The Morgan fingerprint density at radius 3 is 2.50 bits per heavy atom. The molecule has 0 bridgehead atoms. The molecule has 2 aromatic carbocycles. The summed E-state index contributed by atoms with van der Waals surface area (Å²) < 4.78 is 7.39. The van der Waals surface area contributed by atoms with E-state index in [0.717, 1.165) is 59.6 Å². The highest BCUT2D eigenvalue weighted by atomic mass is 32.1. The number of carbonyl (C=O) groups excluding carboxylic acids is 1. The van der Waals surface area contributed by atoms with Gasteiger partial charge in [0, 0.05) is 41.9 Å². The summed E-state index contributed by atoms with van der Waals surface area (Å²) in [7, 11) is 0. The van der Waals surface area contributed by atoms with Gasteiger partial charge in [0.25, 0.3) is 5.91 Å². The number of fused-ring (bicyclic) bond motifs is 1. The van der Waals surface area contributed by atoms with E-state index in [1.165, 1.54) is 11.3 Å². The topological polar surface area (TPSA) is 58.9 Å². The second-order valence-electron chi connectivity index (χ2n) is 7.26. The molecule has 1 amide bonds. The van der Waals surface area contributed by atoms with Crippen LogP contribution in [0.3, 0.4) is 0 Å². The van der Waals surface area contributed by atoms with Crippen molar-refractivity contribution >= 4 is 33.6 Å². The molecule has 6 nitrogen and oxygen atoms in total. The van der Waals surface area contributed by atoms with Crippen molar-refractivity contribution in [2.24, 2.45) is 0 Å². The van der Waals surface area contributed by atoms with Crippen molar-refractivity contribution in [3.8, 4) is 11.3 Å². The molecule has 1 aliphatic heterocycles. The number of nitrogens with one attached hydrogen (secondary N) is 1. The van der Waals surface area contributed by atoms with Gasteiger partial charge in [0.2, 0.25) is 0 Å². The van der Waals surface area contributed by atoms with Gasteiger partial charge < -0.3 is 15.0 Å². The number of thiazole rings is 1. The van der Waals surface area contributed by atoms with E-state index in [4.69, 9.17) is 9.72 Å². The largest absolute Gasteiger partial charge is 0.378 e. The average molecular weight is 419 g/mol. The first-order chi connectivity index (χ1) is 14.7. The number of benzene rings is 2. The summed E-state index contributed by atoms with van der Waals surface area (Å²) in [6.45, 7) is 5.25. The van der Waals surface area contributed by atoms with Crippen LogP contribution in [-0.4, -0.2) is 41.6 Å². The molecular formula is C23H22N4O2S. The number of rotatable bonds is 4. The molecular weight excluding hydrogens is 396 g/mol. The number of aromatic nitrogens is 2. The van der Waals surface area contributed by atoms with Crippen molar-refractivity contribution in [3.63, 3.8) is 0 Å². The average Bonchev–Trinajstić information content (AvgIpc) is 3.35. The highest BCUT2D eigenvalue weighted by molar-refractivity contribution is 7.19. The van der Waals surface area contributed by atoms with Crippen LogP contribution in [0.5, 0.6) is 0 Å². The fraction of sp³-hybridized carbons (Fsp3) is 0.217. The number of hydrogen-bond acceptors (Lipinski definition) is 5. The maximum Gasteiger partial charge on any atom is 0.267 e. The first-order valence-electron chi connectivity index (χ1n) is 9.97. The van der Waals surface area contributed by atoms with Gasteiger partial charge in [-0.2, -0.15) is 0 Å². The number of anilines is 2. The zero-order chi connectivity index (χ0) is 20.5. The molecule has 4 aromatic rings. The van der Waals surface area contributed by atoms with E-state index in [9.17, 15) is 4.79 Å². The monoisotopic (exact) mass is 418 g/mol. The smallest absolute Gasteiger partial charge is 0.267 e. The van der Waals surface area contributed by atoms with Gasteiger partial charge in [-0.1, -0.05) is 41.7 Å². The Morgan fingerprint density at radius 1 is 1.07 bits per heavy atom. The van der Waals surface area contributed by atoms with Crippen LogP contribution in [0.1, 0.15) is 15.4 Å². The zero-order valence-corrected chi connectivity index (χ0v) is 17.5. The highest BCUT2D eigenvalue weighted by Crippen LogP contribution is 2.28. The van der Waals surface area contributed by atoms with Crippen LogP contribution in [0.4, 0.5) is 11.4 Å². The molecule has 30 heavy (non-hydrogen) atoms. The van der Waals surface area contributed by atoms with Gasteiger partial charge in [0.1, 0.15) is 4.88 Å². The first-order valence-corrected chi connectivity index (χ1v) is 10.8. The SMILES string of the molecule is Cc1c(C(=O)Nc2ccc(N3CCOCC3)cc2)sc2nc(-c3ccccc3)cn12. The van der Waals surface area contributed by atoms with Gasteiger partial charge in [-0.15, -0.1) is 0 Å². The predicted molar refractivity (Wildman–Crippen MR) is 121 cm³/mol. The van der Waals surface area contributed by atoms with E-state index in [-0.39, 0.29) is 5.91 Å². The molecule has 1 saturated heterocycles. The molecule has 0 radical (unpaired) electrons. The minimum absolute atomic E-state index is 0.108. The molecule has 0 unspecified atom stereocenters. The predicted octanol–water partition coefficient (Wildman–Crippen LogP) is 4.46. The van der Waals surface area contributed by atoms with Crippen LogP contribution in [-0.2, 0) is 4.74 Å². The molecule has 0 atom stereocenters. The number of morpholine rings is 1. The molecule has 5 rings (SSSR count). The quantitative estimate of drug-likeness (QED) is 0.532. The third-order valence-corrected chi connectivity index (χ3v) is 6.49. The number of nitrogens with zero attached hydrogens (tertiary/aromatic N) is 3. The van der Waals surface area contributed by atoms with Gasteiger partial charge in [-0.05, 0) is 31.2 Å². The number of amides is 1. The number of aryl methyl sites for hydroxylation is 1. The Hall–Kier alpha value is -3.16. The van der Waals surface area contributed by atoms with Crippen molar-refractivity contribution in [3.05, 3.63) is 71.4 Å². The molecule has 0 aliphatic carbocycles. The summed E-state index contributed by atoms with van der Waals surface area (Å²) in [5.74, 6) is -0.108. The molecule has 2 aromatic heterocycles. The second-order valence-corrected chi connectivity index (χ2v) is 8.24. The summed E-state index contributed by atoms with van der Waals surface area (Å²) in [6, 6.07) is 18.0. The van der Waals surface area contributed by atoms with Gasteiger partial charge >= 0.3 is 0 Å². The molecule has 3 heterocycles. The van der Waals surface area contributed by atoms with Crippen LogP contribution >= 0.6 is 11.3 Å². The Labute approximate surface area is 178 Å². The molecule has 0 saturated carbocycles.